The predicted molar refractivity (Wildman–Crippen MR) is 86.4 cm³/mol. The van der Waals surface area contributed by atoms with Gasteiger partial charge in [-0.1, -0.05) is 0 Å². The molecule has 0 saturated heterocycles. The first-order valence-corrected chi connectivity index (χ1v) is 9.48. The Morgan fingerprint density at radius 3 is 2.59 bits per heavy atom. The van der Waals surface area contributed by atoms with Crippen LogP contribution in [-0.4, -0.2) is 41.4 Å². The fourth-order valence-corrected chi connectivity index (χ4v) is 4.09. The standard InChI is InChI=1S/C15H20N4O2S/c1-22(20,21)12-4-2-11(3-5-12)10-18-14-7-6-13-15(19-14)17-9-8-16-13/h6-9,11-12H,2-5,10H2,1H3,(H,17,18,19). The normalized spacial score (nSPS) is 22.6. The van der Waals surface area contributed by atoms with Gasteiger partial charge in [0, 0.05) is 25.2 Å². The molecular formula is C15H20N4O2S. The van der Waals surface area contributed by atoms with Crippen LogP contribution in [0.5, 0.6) is 0 Å². The number of aromatic nitrogens is 3. The molecule has 2 aromatic rings. The first kappa shape index (κ1) is 15.1. The van der Waals surface area contributed by atoms with Crippen LogP contribution in [0, 0.1) is 5.92 Å². The molecule has 22 heavy (non-hydrogen) atoms. The summed E-state index contributed by atoms with van der Waals surface area (Å²) in [5, 5.41) is 3.18. The summed E-state index contributed by atoms with van der Waals surface area (Å²) in [5.74, 6) is 1.29. The van der Waals surface area contributed by atoms with Gasteiger partial charge in [-0.05, 0) is 43.7 Å². The highest BCUT2D eigenvalue weighted by molar-refractivity contribution is 7.91. The number of fused-ring (bicyclic) bond motifs is 1. The van der Waals surface area contributed by atoms with Gasteiger partial charge in [0.05, 0.1) is 5.25 Å². The Kier molecular flexibility index (Phi) is 4.24. The van der Waals surface area contributed by atoms with Gasteiger partial charge in [0.15, 0.2) is 5.65 Å². The SMILES string of the molecule is CS(=O)(=O)C1CCC(CNc2ccc3nccnc3n2)CC1. The molecule has 3 rings (SSSR count). The van der Waals surface area contributed by atoms with Crippen LogP contribution in [0.25, 0.3) is 11.2 Å². The molecule has 0 aromatic carbocycles. The second kappa shape index (κ2) is 6.16. The molecule has 0 spiro atoms. The number of hydrogen-bond acceptors (Lipinski definition) is 6. The molecule has 2 heterocycles. The van der Waals surface area contributed by atoms with Crippen molar-refractivity contribution in [3.05, 3.63) is 24.5 Å². The van der Waals surface area contributed by atoms with Gasteiger partial charge in [0.25, 0.3) is 0 Å². The van der Waals surface area contributed by atoms with E-state index in [1.165, 1.54) is 6.26 Å². The topological polar surface area (TPSA) is 84.8 Å². The van der Waals surface area contributed by atoms with E-state index in [0.717, 1.165) is 43.6 Å². The molecule has 0 radical (unpaired) electrons. The molecule has 1 aliphatic rings. The van der Waals surface area contributed by atoms with E-state index in [1.807, 2.05) is 12.1 Å². The lowest BCUT2D eigenvalue weighted by Crippen LogP contribution is -2.29. The van der Waals surface area contributed by atoms with E-state index in [1.54, 1.807) is 12.4 Å². The molecule has 1 saturated carbocycles. The van der Waals surface area contributed by atoms with E-state index in [-0.39, 0.29) is 5.25 Å². The maximum Gasteiger partial charge on any atom is 0.180 e. The Morgan fingerprint density at radius 1 is 1.14 bits per heavy atom. The summed E-state index contributed by atoms with van der Waals surface area (Å²) in [6.07, 6.45) is 8.04. The molecule has 0 bridgehead atoms. The Bertz CT molecular complexity index is 755. The zero-order valence-electron chi connectivity index (χ0n) is 12.6. The average Bonchev–Trinajstić information content (AvgIpc) is 2.52. The van der Waals surface area contributed by atoms with Crippen molar-refractivity contribution in [1.29, 1.82) is 0 Å². The van der Waals surface area contributed by atoms with Crippen molar-refractivity contribution >= 4 is 26.8 Å². The van der Waals surface area contributed by atoms with Gasteiger partial charge >= 0.3 is 0 Å². The van der Waals surface area contributed by atoms with Gasteiger partial charge in [-0.2, -0.15) is 0 Å². The second-order valence-corrected chi connectivity index (χ2v) is 8.27. The number of rotatable bonds is 4. The molecule has 1 fully saturated rings. The molecule has 1 N–H and O–H groups in total. The van der Waals surface area contributed by atoms with E-state index in [9.17, 15) is 8.42 Å². The van der Waals surface area contributed by atoms with Crippen molar-refractivity contribution in [2.24, 2.45) is 5.92 Å². The lowest BCUT2D eigenvalue weighted by Gasteiger charge is -2.27. The summed E-state index contributed by atoms with van der Waals surface area (Å²) in [5.41, 5.74) is 1.41. The van der Waals surface area contributed by atoms with Crippen LogP contribution >= 0.6 is 0 Å². The molecule has 6 nitrogen and oxygen atoms in total. The largest absolute Gasteiger partial charge is 0.370 e. The lowest BCUT2D eigenvalue weighted by atomic mass is 9.89. The van der Waals surface area contributed by atoms with Crippen LogP contribution in [0.1, 0.15) is 25.7 Å². The van der Waals surface area contributed by atoms with Gasteiger partial charge in [-0.15, -0.1) is 0 Å². The molecular weight excluding hydrogens is 300 g/mol. The zero-order valence-corrected chi connectivity index (χ0v) is 13.4. The molecule has 7 heteroatoms. The molecule has 0 amide bonds. The average molecular weight is 320 g/mol. The van der Waals surface area contributed by atoms with E-state index in [4.69, 9.17) is 0 Å². The van der Waals surface area contributed by atoms with Crippen LogP contribution in [0.4, 0.5) is 5.82 Å². The van der Waals surface area contributed by atoms with Crippen LogP contribution in [0.2, 0.25) is 0 Å². The maximum absolute atomic E-state index is 11.6. The van der Waals surface area contributed by atoms with E-state index >= 15 is 0 Å². The van der Waals surface area contributed by atoms with E-state index in [0.29, 0.717) is 11.6 Å². The Labute approximate surface area is 130 Å². The van der Waals surface area contributed by atoms with Gasteiger partial charge in [0.2, 0.25) is 0 Å². The highest BCUT2D eigenvalue weighted by Gasteiger charge is 2.27. The molecule has 1 aliphatic carbocycles. The minimum atomic E-state index is -2.89. The summed E-state index contributed by atoms with van der Waals surface area (Å²) >= 11 is 0. The molecule has 0 aliphatic heterocycles. The first-order chi connectivity index (χ1) is 10.5. The van der Waals surface area contributed by atoms with Crippen molar-refractivity contribution in [2.75, 3.05) is 18.1 Å². The fraction of sp³-hybridized carbons (Fsp3) is 0.533. The van der Waals surface area contributed by atoms with Crippen molar-refractivity contribution in [2.45, 2.75) is 30.9 Å². The minimum absolute atomic E-state index is 0.155. The number of anilines is 1. The number of nitrogens with one attached hydrogen (secondary N) is 1. The Hall–Kier alpha value is -1.76. The van der Waals surface area contributed by atoms with Crippen molar-refractivity contribution in [3.8, 4) is 0 Å². The molecule has 2 aromatic heterocycles. The minimum Gasteiger partial charge on any atom is -0.370 e. The Morgan fingerprint density at radius 2 is 1.86 bits per heavy atom. The van der Waals surface area contributed by atoms with E-state index in [2.05, 4.69) is 20.3 Å². The highest BCUT2D eigenvalue weighted by Crippen LogP contribution is 2.28. The third kappa shape index (κ3) is 3.52. The number of nitrogens with zero attached hydrogens (tertiary/aromatic N) is 3. The lowest BCUT2D eigenvalue weighted by molar-refractivity contribution is 0.372. The third-order valence-corrected chi connectivity index (χ3v) is 5.99. The number of hydrogen-bond donors (Lipinski definition) is 1. The summed E-state index contributed by atoms with van der Waals surface area (Å²) in [7, 11) is -2.89. The highest BCUT2D eigenvalue weighted by atomic mass is 32.2. The smallest absolute Gasteiger partial charge is 0.180 e. The van der Waals surface area contributed by atoms with Crippen molar-refractivity contribution in [3.63, 3.8) is 0 Å². The summed E-state index contributed by atoms with van der Waals surface area (Å²) in [6, 6.07) is 3.80. The van der Waals surface area contributed by atoms with Gasteiger partial charge in [0.1, 0.15) is 21.2 Å². The van der Waals surface area contributed by atoms with Crippen LogP contribution in [0.15, 0.2) is 24.5 Å². The van der Waals surface area contributed by atoms with E-state index < -0.39 is 9.84 Å². The van der Waals surface area contributed by atoms with Gasteiger partial charge < -0.3 is 5.32 Å². The first-order valence-electron chi connectivity index (χ1n) is 7.53. The predicted octanol–water partition coefficient (Wildman–Crippen LogP) is 2.04. The maximum atomic E-state index is 11.6. The zero-order chi connectivity index (χ0) is 15.6. The van der Waals surface area contributed by atoms with Gasteiger partial charge in [-0.25, -0.2) is 18.4 Å². The Balaban J connectivity index is 1.56. The fourth-order valence-electron chi connectivity index (χ4n) is 2.97. The number of pyridine rings is 1. The summed E-state index contributed by atoms with van der Waals surface area (Å²) in [4.78, 5) is 12.8. The summed E-state index contributed by atoms with van der Waals surface area (Å²) in [6.45, 7) is 0.815. The van der Waals surface area contributed by atoms with Crippen molar-refractivity contribution in [1.82, 2.24) is 15.0 Å². The van der Waals surface area contributed by atoms with Crippen LogP contribution in [0.3, 0.4) is 0 Å². The number of sulfone groups is 1. The second-order valence-electron chi connectivity index (χ2n) is 5.95. The summed E-state index contributed by atoms with van der Waals surface area (Å²) < 4.78 is 23.1. The quantitative estimate of drug-likeness (QED) is 0.928. The van der Waals surface area contributed by atoms with Crippen LogP contribution in [-0.2, 0) is 9.84 Å². The van der Waals surface area contributed by atoms with Crippen LogP contribution < -0.4 is 5.32 Å². The monoisotopic (exact) mass is 320 g/mol. The molecule has 0 atom stereocenters. The van der Waals surface area contributed by atoms with Gasteiger partial charge in [-0.3, -0.25) is 4.98 Å². The third-order valence-electron chi connectivity index (χ3n) is 4.30. The molecule has 118 valence electrons. The molecule has 0 unspecified atom stereocenters. The van der Waals surface area contributed by atoms with Crippen molar-refractivity contribution < 1.29 is 8.42 Å².